The first-order chi connectivity index (χ1) is 11.5. The van der Waals surface area contributed by atoms with Crippen molar-refractivity contribution in [2.75, 3.05) is 32.1 Å². The lowest BCUT2D eigenvalue weighted by molar-refractivity contribution is 0.0563. The molecule has 0 aromatic rings. The Balaban J connectivity index is 5.79. The van der Waals surface area contributed by atoms with Crippen LogP contribution < -0.4 is 0 Å². The molecule has 6 heteroatoms. The summed E-state index contributed by atoms with van der Waals surface area (Å²) in [5.74, 6) is 0. The maximum atomic E-state index is 13.9. The van der Waals surface area contributed by atoms with Gasteiger partial charge in [0.15, 0.2) is 0 Å². The summed E-state index contributed by atoms with van der Waals surface area (Å²) in [7, 11) is -5.35. The van der Waals surface area contributed by atoms with Gasteiger partial charge < -0.3 is 17.8 Å². The van der Waals surface area contributed by atoms with Gasteiger partial charge >= 0.3 is 8.80 Å². The molecule has 0 fully saturated rings. The standard InChI is InChI=1S/C18H41O4PSi/c1-7-13-20-24(21-14-8-2,22-15-9-3)18(12-6)23(19,16-10-4)17-11-5/h18H,7-17H2,1-6H3. The van der Waals surface area contributed by atoms with Crippen molar-refractivity contribution < 1.29 is 17.8 Å². The van der Waals surface area contributed by atoms with Crippen LogP contribution >= 0.6 is 7.14 Å². The van der Waals surface area contributed by atoms with Gasteiger partial charge in [0.1, 0.15) is 0 Å². The third-order valence-corrected chi connectivity index (χ3v) is 13.4. The van der Waals surface area contributed by atoms with Crippen molar-refractivity contribution in [3.8, 4) is 0 Å². The van der Waals surface area contributed by atoms with Crippen LogP contribution in [0.5, 0.6) is 0 Å². The van der Waals surface area contributed by atoms with E-state index in [1.165, 1.54) is 0 Å². The average Bonchev–Trinajstić information content (AvgIpc) is 2.56. The quantitative estimate of drug-likeness (QED) is 0.254. The van der Waals surface area contributed by atoms with Crippen molar-refractivity contribution in [2.24, 2.45) is 0 Å². The largest absolute Gasteiger partial charge is 0.511 e. The minimum absolute atomic E-state index is 0.0606. The molecule has 0 aromatic heterocycles. The molecule has 0 saturated heterocycles. The Morgan fingerprint density at radius 1 is 0.708 bits per heavy atom. The molecule has 1 unspecified atom stereocenters. The maximum absolute atomic E-state index is 13.9. The van der Waals surface area contributed by atoms with Gasteiger partial charge in [-0.15, -0.1) is 0 Å². The predicted octanol–water partition coefficient (Wildman–Crippen LogP) is 5.71. The first kappa shape index (κ1) is 24.3. The van der Waals surface area contributed by atoms with Crippen LogP contribution in [-0.4, -0.2) is 46.2 Å². The fourth-order valence-corrected chi connectivity index (χ4v) is 12.8. The van der Waals surface area contributed by atoms with Crippen LogP contribution in [-0.2, 0) is 17.8 Å². The monoisotopic (exact) mass is 380 g/mol. The smallest absolute Gasteiger partial charge is 0.373 e. The van der Waals surface area contributed by atoms with Gasteiger partial charge in [0, 0.05) is 32.1 Å². The lowest BCUT2D eigenvalue weighted by Crippen LogP contribution is -2.57. The minimum Gasteiger partial charge on any atom is -0.373 e. The van der Waals surface area contributed by atoms with Crippen molar-refractivity contribution in [1.82, 2.24) is 0 Å². The number of rotatable bonds is 16. The second kappa shape index (κ2) is 13.5. The number of hydrogen-bond donors (Lipinski definition) is 0. The summed E-state index contributed by atoms with van der Waals surface area (Å²) in [4.78, 5) is 0. The van der Waals surface area contributed by atoms with Gasteiger partial charge in [-0.3, -0.25) is 0 Å². The molecule has 24 heavy (non-hydrogen) atoms. The highest BCUT2D eigenvalue weighted by Gasteiger charge is 2.55. The van der Waals surface area contributed by atoms with E-state index in [0.29, 0.717) is 19.8 Å². The highest BCUT2D eigenvalue weighted by Crippen LogP contribution is 2.56. The molecule has 0 heterocycles. The summed E-state index contributed by atoms with van der Waals surface area (Å²) >= 11 is 0. The average molecular weight is 381 g/mol. The summed E-state index contributed by atoms with van der Waals surface area (Å²) in [5.41, 5.74) is 0. The molecule has 0 aliphatic heterocycles. The van der Waals surface area contributed by atoms with Crippen LogP contribution in [0.3, 0.4) is 0 Å². The molecular weight excluding hydrogens is 339 g/mol. The van der Waals surface area contributed by atoms with E-state index in [4.69, 9.17) is 13.3 Å². The Labute approximate surface area is 151 Å². The van der Waals surface area contributed by atoms with Gasteiger partial charge in [-0.25, -0.2) is 0 Å². The normalized spacial score (nSPS) is 14.1. The van der Waals surface area contributed by atoms with Gasteiger partial charge in [0.2, 0.25) is 0 Å². The number of hydrogen-bond acceptors (Lipinski definition) is 4. The van der Waals surface area contributed by atoms with Crippen molar-refractivity contribution in [1.29, 1.82) is 0 Å². The van der Waals surface area contributed by atoms with Crippen molar-refractivity contribution in [3.05, 3.63) is 0 Å². The van der Waals surface area contributed by atoms with E-state index in [9.17, 15) is 4.57 Å². The van der Waals surface area contributed by atoms with E-state index in [-0.39, 0.29) is 5.28 Å². The van der Waals surface area contributed by atoms with Crippen LogP contribution in [0.25, 0.3) is 0 Å². The van der Waals surface area contributed by atoms with Crippen molar-refractivity contribution in [3.63, 3.8) is 0 Å². The molecule has 0 aliphatic carbocycles. The molecule has 0 spiro atoms. The third kappa shape index (κ3) is 7.29. The minimum atomic E-state index is -2.96. The fraction of sp³-hybridized carbons (Fsp3) is 1.00. The van der Waals surface area contributed by atoms with E-state index < -0.39 is 15.9 Å². The van der Waals surface area contributed by atoms with Crippen LogP contribution in [0.1, 0.15) is 80.1 Å². The molecule has 0 N–H and O–H groups in total. The second-order valence-electron chi connectivity index (χ2n) is 6.47. The van der Waals surface area contributed by atoms with E-state index in [1.54, 1.807) is 0 Å². The molecule has 0 radical (unpaired) electrons. The Kier molecular flexibility index (Phi) is 13.7. The third-order valence-electron chi connectivity index (χ3n) is 4.09. The fourth-order valence-electron chi connectivity index (χ4n) is 3.20. The first-order valence-corrected chi connectivity index (χ1v) is 13.9. The first-order valence-electron chi connectivity index (χ1n) is 9.99. The molecule has 0 bridgehead atoms. The molecule has 0 amide bonds. The summed E-state index contributed by atoms with van der Waals surface area (Å²) < 4.78 is 32.8. The molecule has 146 valence electrons. The van der Waals surface area contributed by atoms with Crippen LogP contribution in [0.15, 0.2) is 0 Å². The zero-order valence-electron chi connectivity index (χ0n) is 16.9. The Hall–Kier alpha value is 0.327. The van der Waals surface area contributed by atoms with Gasteiger partial charge in [-0.1, -0.05) is 41.5 Å². The molecule has 0 saturated carbocycles. The van der Waals surface area contributed by atoms with Crippen LogP contribution in [0.2, 0.25) is 0 Å². The maximum Gasteiger partial charge on any atom is 0.511 e. The summed E-state index contributed by atoms with van der Waals surface area (Å²) in [5, 5.41) is -0.0606. The molecule has 0 rings (SSSR count). The van der Waals surface area contributed by atoms with E-state index in [0.717, 1.165) is 50.8 Å². The molecule has 1 atom stereocenters. The zero-order valence-corrected chi connectivity index (χ0v) is 18.8. The van der Waals surface area contributed by atoms with Gasteiger partial charge in [0.05, 0.1) is 12.4 Å². The van der Waals surface area contributed by atoms with Gasteiger partial charge in [-0.2, -0.15) is 0 Å². The Morgan fingerprint density at radius 2 is 1.08 bits per heavy atom. The summed E-state index contributed by atoms with van der Waals surface area (Å²) in [6.45, 7) is 14.5. The predicted molar refractivity (Wildman–Crippen MR) is 106 cm³/mol. The summed E-state index contributed by atoms with van der Waals surface area (Å²) in [6.07, 6.45) is 6.98. The Morgan fingerprint density at radius 3 is 1.33 bits per heavy atom. The van der Waals surface area contributed by atoms with Crippen molar-refractivity contribution >= 4 is 15.9 Å². The van der Waals surface area contributed by atoms with Crippen LogP contribution in [0.4, 0.5) is 0 Å². The molecule has 0 aromatic carbocycles. The molecule has 4 nitrogen and oxygen atoms in total. The topological polar surface area (TPSA) is 44.8 Å². The molecular formula is C18H41O4PSi. The highest BCUT2D eigenvalue weighted by atomic mass is 31.2. The lowest BCUT2D eigenvalue weighted by atomic mass is 10.5. The lowest BCUT2D eigenvalue weighted by Gasteiger charge is -2.39. The SMILES string of the molecule is CCCO[Si](OCCC)(OCCC)C(CC)P(=O)(CCC)CCC. The van der Waals surface area contributed by atoms with E-state index in [2.05, 4.69) is 41.5 Å². The summed E-state index contributed by atoms with van der Waals surface area (Å²) in [6, 6.07) is 0. The zero-order chi connectivity index (χ0) is 18.5. The van der Waals surface area contributed by atoms with Gasteiger partial charge in [-0.05, 0) is 38.5 Å². The van der Waals surface area contributed by atoms with Crippen LogP contribution in [0, 0.1) is 0 Å². The Bertz CT molecular complexity index is 320. The second-order valence-corrected chi connectivity index (χ2v) is 13.2. The van der Waals surface area contributed by atoms with Crippen molar-refractivity contribution in [2.45, 2.75) is 85.3 Å². The van der Waals surface area contributed by atoms with Gasteiger partial charge in [0.25, 0.3) is 0 Å². The van der Waals surface area contributed by atoms with E-state index >= 15 is 0 Å². The van der Waals surface area contributed by atoms with E-state index in [1.807, 2.05) is 0 Å². The molecule has 0 aliphatic rings. The highest BCUT2D eigenvalue weighted by molar-refractivity contribution is 7.67.